The van der Waals surface area contributed by atoms with Crippen molar-refractivity contribution < 1.29 is 9.47 Å². The third-order valence-electron chi connectivity index (χ3n) is 4.64. The zero-order valence-electron chi connectivity index (χ0n) is 13.1. The van der Waals surface area contributed by atoms with Crippen molar-refractivity contribution in [3.05, 3.63) is 22.2 Å². The molecule has 1 aliphatic heterocycles. The van der Waals surface area contributed by atoms with E-state index in [9.17, 15) is 0 Å². The predicted octanol–water partition coefficient (Wildman–Crippen LogP) is 4.64. The fourth-order valence-electron chi connectivity index (χ4n) is 3.34. The lowest BCUT2D eigenvalue weighted by Crippen LogP contribution is -2.41. The van der Waals surface area contributed by atoms with Gasteiger partial charge in [0.15, 0.2) is 11.5 Å². The molecule has 1 saturated heterocycles. The molecule has 1 aliphatic carbocycles. The summed E-state index contributed by atoms with van der Waals surface area (Å²) in [4.78, 5) is 2.58. The molecule has 5 heteroatoms. The molecule has 1 aromatic carbocycles. The lowest BCUT2D eigenvalue weighted by Gasteiger charge is -2.30. The molecule has 0 amide bonds. The highest BCUT2D eigenvalue weighted by Gasteiger charge is 2.34. The van der Waals surface area contributed by atoms with Crippen LogP contribution in [0.2, 0.25) is 10.0 Å². The molecule has 2 aliphatic rings. The highest BCUT2D eigenvalue weighted by atomic mass is 35.5. The summed E-state index contributed by atoms with van der Waals surface area (Å²) < 4.78 is 11.5. The summed E-state index contributed by atoms with van der Waals surface area (Å²) in [6.07, 6.45) is 5.29. The first kappa shape index (κ1) is 16.2. The van der Waals surface area contributed by atoms with Crippen molar-refractivity contribution in [3.8, 4) is 11.5 Å². The third kappa shape index (κ3) is 3.64. The molecule has 122 valence electrons. The number of methoxy groups -OCH3 is 1. The summed E-state index contributed by atoms with van der Waals surface area (Å²) in [5.41, 5.74) is 0. The van der Waals surface area contributed by atoms with Gasteiger partial charge < -0.3 is 9.47 Å². The summed E-state index contributed by atoms with van der Waals surface area (Å²) in [7, 11) is 1.60. The minimum atomic E-state index is 0.0877. The molecule has 0 N–H and O–H groups in total. The Morgan fingerprint density at radius 2 is 2.05 bits per heavy atom. The van der Waals surface area contributed by atoms with E-state index in [-0.39, 0.29) is 6.10 Å². The molecule has 3 nitrogen and oxygen atoms in total. The lowest BCUT2D eigenvalue weighted by molar-refractivity contribution is 0.0997. The van der Waals surface area contributed by atoms with E-state index in [0.717, 1.165) is 5.92 Å². The number of halogens is 2. The summed E-state index contributed by atoms with van der Waals surface area (Å²) in [5, 5.41) is 1.05. The van der Waals surface area contributed by atoms with Crippen molar-refractivity contribution in [2.24, 2.45) is 5.92 Å². The molecule has 0 radical (unpaired) electrons. The van der Waals surface area contributed by atoms with Crippen LogP contribution in [0.15, 0.2) is 12.1 Å². The van der Waals surface area contributed by atoms with Crippen LogP contribution in [0.1, 0.15) is 32.6 Å². The molecular formula is C17H23Cl2NO2. The van der Waals surface area contributed by atoms with Crippen molar-refractivity contribution >= 4 is 23.2 Å². The van der Waals surface area contributed by atoms with Crippen molar-refractivity contribution in [2.45, 2.75) is 44.8 Å². The number of nitrogens with zero attached hydrogens (tertiary/aromatic N) is 1. The Balaban J connectivity index is 1.71. The number of hydrogen-bond acceptors (Lipinski definition) is 3. The van der Waals surface area contributed by atoms with Gasteiger partial charge in [-0.05, 0) is 51.1 Å². The monoisotopic (exact) mass is 343 g/mol. The molecule has 0 spiro atoms. The van der Waals surface area contributed by atoms with Gasteiger partial charge in [-0.3, -0.25) is 4.90 Å². The minimum absolute atomic E-state index is 0.0877. The Morgan fingerprint density at radius 3 is 2.73 bits per heavy atom. The first-order valence-corrected chi connectivity index (χ1v) is 8.78. The van der Waals surface area contributed by atoms with Gasteiger partial charge in [-0.15, -0.1) is 0 Å². The number of likely N-dealkylation sites (tertiary alicyclic amines) is 1. The second-order valence-corrected chi connectivity index (χ2v) is 7.23. The van der Waals surface area contributed by atoms with Crippen molar-refractivity contribution in [1.29, 1.82) is 0 Å². The highest BCUT2D eigenvalue weighted by Crippen LogP contribution is 2.39. The molecule has 0 aromatic heterocycles. The van der Waals surface area contributed by atoms with E-state index in [1.807, 2.05) is 0 Å². The standard InChI is InChI=1S/C17H23Cl2NO2/c1-11(15-4-3-7-20(15)10-12-5-6-12)22-16-9-13(18)8-14(19)17(16)21-2/h8-9,11-12,15H,3-7,10H2,1-2H3. The van der Waals surface area contributed by atoms with Gasteiger partial charge in [0, 0.05) is 23.7 Å². The van der Waals surface area contributed by atoms with Crippen LogP contribution < -0.4 is 9.47 Å². The maximum absolute atomic E-state index is 6.18. The molecule has 1 heterocycles. The van der Waals surface area contributed by atoms with Gasteiger partial charge in [-0.2, -0.15) is 0 Å². The Labute approximate surface area is 142 Å². The third-order valence-corrected chi connectivity index (χ3v) is 5.14. The Hall–Kier alpha value is -0.640. The summed E-state index contributed by atoms with van der Waals surface area (Å²) in [6, 6.07) is 3.92. The number of ether oxygens (including phenoxy) is 2. The van der Waals surface area contributed by atoms with Gasteiger partial charge in [0.2, 0.25) is 0 Å². The topological polar surface area (TPSA) is 21.7 Å². The molecule has 3 rings (SSSR count). The quantitative estimate of drug-likeness (QED) is 0.750. The fraction of sp³-hybridized carbons (Fsp3) is 0.647. The second kappa shape index (κ2) is 6.86. The lowest BCUT2D eigenvalue weighted by atomic mass is 10.1. The van der Waals surface area contributed by atoms with Gasteiger partial charge in [0.05, 0.1) is 12.1 Å². The van der Waals surface area contributed by atoms with Crippen LogP contribution in [0.5, 0.6) is 11.5 Å². The van der Waals surface area contributed by atoms with Crippen molar-refractivity contribution in [2.75, 3.05) is 20.2 Å². The van der Waals surface area contributed by atoms with Crippen molar-refractivity contribution in [3.63, 3.8) is 0 Å². The van der Waals surface area contributed by atoms with E-state index in [2.05, 4.69) is 11.8 Å². The smallest absolute Gasteiger partial charge is 0.179 e. The molecule has 22 heavy (non-hydrogen) atoms. The SMILES string of the molecule is COc1c(Cl)cc(Cl)cc1OC(C)C1CCCN1CC1CC1. The zero-order chi connectivity index (χ0) is 15.7. The molecule has 2 fully saturated rings. The first-order chi connectivity index (χ1) is 10.6. The molecule has 1 aromatic rings. The predicted molar refractivity (Wildman–Crippen MR) is 90.4 cm³/mol. The maximum Gasteiger partial charge on any atom is 0.179 e. The van der Waals surface area contributed by atoms with Crippen LogP contribution in [0, 0.1) is 5.92 Å². The normalized spacial score (nSPS) is 23.5. The van der Waals surface area contributed by atoms with E-state index in [4.69, 9.17) is 32.7 Å². The van der Waals surface area contributed by atoms with Gasteiger partial charge in [0.25, 0.3) is 0 Å². The minimum Gasteiger partial charge on any atom is -0.491 e. The van der Waals surface area contributed by atoms with E-state index >= 15 is 0 Å². The van der Waals surface area contributed by atoms with Crippen LogP contribution in [-0.2, 0) is 0 Å². The maximum atomic E-state index is 6.18. The number of hydrogen-bond donors (Lipinski definition) is 0. The van der Waals surface area contributed by atoms with E-state index in [0.29, 0.717) is 27.6 Å². The fourth-order valence-corrected chi connectivity index (χ4v) is 3.90. The first-order valence-electron chi connectivity index (χ1n) is 8.02. The van der Waals surface area contributed by atoms with E-state index < -0.39 is 0 Å². The zero-order valence-corrected chi connectivity index (χ0v) is 14.7. The van der Waals surface area contributed by atoms with Gasteiger partial charge in [-0.1, -0.05) is 23.2 Å². The van der Waals surface area contributed by atoms with Crippen molar-refractivity contribution in [1.82, 2.24) is 4.90 Å². The average molecular weight is 344 g/mol. The molecule has 2 atom stereocenters. The molecular weight excluding hydrogens is 321 g/mol. The summed E-state index contributed by atoms with van der Waals surface area (Å²) >= 11 is 12.3. The van der Waals surface area contributed by atoms with E-state index in [1.54, 1.807) is 19.2 Å². The second-order valence-electron chi connectivity index (χ2n) is 6.39. The van der Waals surface area contributed by atoms with Crippen LogP contribution in [0.3, 0.4) is 0 Å². The average Bonchev–Trinajstić information content (AvgIpc) is 3.14. The van der Waals surface area contributed by atoms with Gasteiger partial charge >= 0.3 is 0 Å². The Bertz CT molecular complexity index is 534. The highest BCUT2D eigenvalue weighted by molar-refractivity contribution is 6.35. The number of benzene rings is 1. The van der Waals surface area contributed by atoms with E-state index in [1.165, 1.54) is 38.8 Å². The largest absolute Gasteiger partial charge is 0.491 e. The summed E-state index contributed by atoms with van der Waals surface area (Å²) in [5.74, 6) is 2.10. The number of rotatable bonds is 6. The van der Waals surface area contributed by atoms with Crippen LogP contribution in [-0.4, -0.2) is 37.2 Å². The van der Waals surface area contributed by atoms with Crippen LogP contribution in [0.25, 0.3) is 0 Å². The summed E-state index contributed by atoms with van der Waals surface area (Å²) in [6.45, 7) is 4.53. The Morgan fingerprint density at radius 1 is 1.27 bits per heavy atom. The Kier molecular flexibility index (Phi) is 5.06. The van der Waals surface area contributed by atoms with Crippen LogP contribution >= 0.6 is 23.2 Å². The van der Waals surface area contributed by atoms with Gasteiger partial charge in [0.1, 0.15) is 6.10 Å². The molecule has 0 bridgehead atoms. The molecule has 1 saturated carbocycles. The van der Waals surface area contributed by atoms with Crippen LogP contribution in [0.4, 0.5) is 0 Å². The molecule has 2 unspecified atom stereocenters. The van der Waals surface area contributed by atoms with Gasteiger partial charge in [-0.25, -0.2) is 0 Å².